The van der Waals surface area contributed by atoms with Gasteiger partial charge in [0, 0.05) is 36.9 Å². The van der Waals surface area contributed by atoms with Crippen molar-refractivity contribution in [2.24, 2.45) is 0 Å². The Bertz CT molecular complexity index is 843. The average Bonchev–Trinajstić information content (AvgIpc) is 2.74. The Kier molecular flexibility index (Phi) is 7.26. The minimum Gasteiger partial charge on any atom is -0.337 e. The molecule has 6 heteroatoms. The molecule has 0 saturated heterocycles. The molecule has 3 N–H and O–H groups in total. The van der Waals surface area contributed by atoms with Crippen molar-refractivity contribution in [3.63, 3.8) is 0 Å². The Labute approximate surface area is 163 Å². The van der Waals surface area contributed by atoms with Crippen molar-refractivity contribution in [1.82, 2.24) is 20.3 Å². The van der Waals surface area contributed by atoms with Crippen molar-refractivity contribution < 1.29 is 4.79 Å². The Morgan fingerprint density at radius 1 is 0.889 bits per heavy atom. The molecule has 0 atom stereocenters. The van der Waals surface area contributed by atoms with E-state index in [1.807, 2.05) is 42.5 Å². The molecule has 2 amide bonds. The van der Waals surface area contributed by atoms with Gasteiger partial charge in [0.15, 0.2) is 0 Å². The molecule has 3 rings (SSSR count). The summed E-state index contributed by atoms with van der Waals surface area (Å²) in [4.78, 5) is 17.0. The van der Waals surface area contributed by atoms with Crippen LogP contribution in [0.1, 0.15) is 5.56 Å². The Hall–Kier alpha value is -2.83. The maximum absolute atomic E-state index is 11.8. The molecule has 1 aromatic heterocycles. The molecule has 0 bridgehead atoms. The highest BCUT2D eigenvalue weighted by Crippen LogP contribution is 2.29. The van der Waals surface area contributed by atoms with E-state index in [-0.39, 0.29) is 6.03 Å². The summed E-state index contributed by atoms with van der Waals surface area (Å²) in [5.74, 6) is 0. The number of carbonyl (C=O) groups is 1. The molecule has 138 valence electrons. The second-order valence-corrected chi connectivity index (χ2v) is 6.76. The molecule has 0 unspecified atom stereocenters. The standard InChI is InChI=1S/C21H22N4OS/c26-21(24-16-17-7-6-12-22-15-17)23-13-14-25-27-20-11-5-4-10-19(20)18-8-2-1-3-9-18/h1-12,15,25H,13-14,16H2,(H2,23,24,26). The topological polar surface area (TPSA) is 66.1 Å². The smallest absolute Gasteiger partial charge is 0.315 e. The molecule has 0 spiro atoms. The van der Waals surface area contributed by atoms with Crippen LogP contribution in [0.25, 0.3) is 11.1 Å². The maximum Gasteiger partial charge on any atom is 0.315 e. The molecule has 27 heavy (non-hydrogen) atoms. The van der Waals surface area contributed by atoms with Crippen molar-refractivity contribution in [3.05, 3.63) is 84.7 Å². The van der Waals surface area contributed by atoms with Gasteiger partial charge in [0.25, 0.3) is 0 Å². The predicted octanol–water partition coefficient (Wildman–Crippen LogP) is 3.84. The third-order valence-corrected chi connectivity index (χ3v) is 4.77. The average molecular weight is 379 g/mol. The number of pyridine rings is 1. The normalized spacial score (nSPS) is 10.4. The number of amides is 2. The number of hydrogen-bond acceptors (Lipinski definition) is 4. The third-order valence-electron chi connectivity index (χ3n) is 3.84. The molecule has 0 aliphatic rings. The highest BCUT2D eigenvalue weighted by Gasteiger charge is 2.05. The van der Waals surface area contributed by atoms with E-state index in [2.05, 4.69) is 44.6 Å². The lowest BCUT2D eigenvalue weighted by atomic mass is 10.1. The summed E-state index contributed by atoms with van der Waals surface area (Å²) in [5, 5.41) is 5.65. The molecule has 0 aliphatic carbocycles. The van der Waals surface area contributed by atoms with Crippen molar-refractivity contribution in [2.75, 3.05) is 13.1 Å². The summed E-state index contributed by atoms with van der Waals surface area (Å²) in [7, 11) is 0. The van der Waals surface area contributed by atoms with Crippen molar-refractivity contribution in [1.29, 1.82) is 0 Å². The molecule has 1 heterocycles. The van der Waals surface area contributed by atoms with Gasteiger partial charge >= 0.3 is 6.03 Å². The zero-order chi connectivity index (χ0) is 18.7. The predicted molar refractivity (Wildman–Crippen MR) is 110 cm³/mol. The Morgan fingerprint density at radius 2 is 1.70 bits per heavy atom. The number of urea groups is 1. The van der Waals surface area contributed by atoms with E-state index in [0.29, 0.717) is 19.6 Å². The number of benzene rings is 2. The first kappa shape index (κ1) is 18.9. The molecule has 0 radical (unpaired) electrons. The number of hydrogen-bond donors (Lipinski definition) is 3. The first-order valence-corrected chi connectivity index (χ1v) is 9.59. The SMILES string of the molecule is O=C(NCCNSc1ccccc1-c1ccccc1)NCc1cccnc1. The highest BCUT2D eigenvalue weighted by atomic mass is 32.2. The van der Waals surface area contributed by atoms with E-state index in [9.17, 15) is 4.79 Å². The van der Waals surface area contributed by atoms with Crippen LogP contribution in [0.4, 0.5) is 4.79 Å². The number of carbonyl (C=O) groups excluding carboxylic acids is 1. The highest BCUT2D eigenvalue weighted by molar-refractivity contribution is 7.97. The van der Waals surface area contributed by atoms with E-state index in [0.717, 1.165) is 10.5 Å². The minimum atomic E-state index is -0.185. The first-order chi connectivity index (χ1) is 13.3. The van der Waals surface area contributed by atoms with Crippen LogP contribution in [0.15, 0.2) is 84.0 Å². The molecule has 0 aliphatic heterocycles. The zero-order valence-electron chi connectivity index (χ0n) is 14.9. The van der Waals surface area contributed by atoms with Gasteiger partial charge in [-0.2, -0.15) is 0 Å². The van der Waals surface area contributed by atoms with E-state index >= 15 is 0 Å². The van der Waals surface area contributed by atoms with Gasteiger partial charge in [-0.1, -0.05) is 54.6 Å². The van der Waals surface area contributed by atoms with Gasteiger partial charge in [0.2, 0.25) is 0 Å². The molecule has 2 aromatic carbocycles. The lowest BCUT2D eigenvalue weighted by molar-refractivity contribution is 0.240. The van der Waals surface area contributed by atoms with Crippen LogP contribution in [0.5, 0.6) is 0 Å². The number of nitrogens with one attached hydrogen (secondary N) is 3. The van der Waals surface area contributed by atoms with E-state index in [1.165, 1.54) is 11.1 Å². The van der Waals surface area contributed by atoms with Crippen LogP contribution in [-0.2, 0) is 6.54 Å². The van der Waals surface area contributed by atoms with Crippen LogP contribution in [0.3, 0.4) is 0 Å². The largest absolute Gasteiger partial charge is 0.337 e. The van der Waals surface area contributed by atoms with Crippen LogP contribution < -0.4 is 15.4 Å². The van der Waals surface area contributed by atoms with Crippen molar-refractivity contribution in [2.45, 2.75) is 11.4 Å². The summed E-state index contributed by atoms with van der Waals surface area (Å²) in [6, 6.07) is 22.2. The van der Waals surface area contributed by atoms with E-state index in [4.69, 9.17) is 0 Å². The third kappa shape index (κ3) is 6.13. The Morgan fingerprint density at radius 3 is 2.52 bits per heavy atom. The summed E-state index contributed by atoms with van der Waals surface area (Å²) in [6.45, 7) is 1.67. The van der Waals surface area contributed by atoms with Crippen molar-refractivity contribution >= 4 is 18.0 Å². The molecular formula is C21H22N4OS. The summed E-state index contributed by atoms with van der Waals surface area (Å²) in [5.41, 5.74) is 3.35. The van der Waals surface area contributed by atoms with Gasteiger partial charge < -0.3 is 10.6 Å². The molecule has 0 saturated carbocycles. The summed E-state index contributed by atoms with van der Waals surface area (Å²) in [6.07, 6.45) is 3.45. The quantitative estimate of drug-likeness (QED) is 0.412. The Balaban J connectivity index is 1.39. The lowest BCUT2D eigenvalue weighted by Crippen LogP contribution is -2.38. The van der Waals surface area contributed by atoms with Gasteiger partial charge in [0.1, 0.15) is 0 Å². The minimum absolute atomic E-state index is 0.185. The van der Waals surface area contributed by atoms with Gasteiger partial charge in [-0.3, -0.25) is 9.71 Å². The summed E-state index contributed by atoms with van der Waals surface area (Å²) < 4.78 is 3.31. The van der Waals surface area contributed by atoms with E-state index in [1.54, 1.807) is 24.3 Å². The maximum atomic E-state index is 11.8. The molecular weight excluding hydrogens is 356 g/mol. The molecule has 5 nitrogen and oxygen atoms in total. The first-order valence-electron chi connectivity index (χ1n) is 8.78. The fourth-order valence-electron chi connectivity index (χ4n) is 2.52. The van der Waals surface area contributed by atoms with Crippen LogP contribution in [-0.4, -0.2) is 24.1 Å². The second kappa shape index (κ2) is 10.4. The zero-order valence-corrected chi connectivity index (χ0v) is 15.7. The van der Waals surface area contributed by atoms with Crippen LogP contribution in [0.2, 0.25) is 0 Å². The van der Waals surface area contributed by atoms with Crippen molar-refractivity contribution in [3.8, 4) is 11.1 Å². The lowest BCUT2D eigenvalue weighted by Gasteiger charge is -2.11. The van der Waals surface area contributed by atoms with Gasteiger partial charge in [-0.05, 0) is 40.8 Å². The fraction of sp³-hybridized carbons (Fsp3) is 0.143. The molecule has 0 fully saturated rings. The van der Waals surface area contributed by atoms with Gasteiger partial charge in [0.05, 0.1) is 0 Å². The molecule has 3 aromatic rings. The number of aromatic nitrogens is 1. The van der Waals surface area contributed by atoms with Gasteiger partial charge in [-0.15, -0.1) is 0 Å². The van der Waals surface area contributed by atoms with Gasteiger partial charge in [-0.25, -0.2) is 4.79 Å². The summed E-state index contributed by atoms with van der Waals surface area (Å²) >= 11 is 1.57. The van der Waals surface area contributed by atoms with E-state index < -0.39 is 0 Å². The van der Waals surface area contributed by atoms with Crippen LogP contribution in [0, 0.1) is 0 Å². The number of rotatable bonds is 8. The van der Waals surface area contributed by atoms with Crippen LogP contribution >= 0.6 is 11.9 Å². The monoisotopic (exact) mass is 378 g/mol. The number of nitrogens with zero attached hydrogens (tertiary/aromatic N) is 1. The fourth-order valence-corrected chi connectivity index (χ4v) is 3.32. The second-order valence-electron chi connectivity index (χ2n) is 5.83.